The molecule has 0 radical (unpaired) electrons. The van der Waals surface area contributed by atoms with E-state index >= 15 is 0 Å². The van der Waals surface area contributed by atoms with E-state index in [-0.39, 0.29) is 24.1 Å². The summed E-state index contributed by atoms with van der Waals surface area (Å²) in [6.45, 7) is 3.67. The molecule has 0 atom stereocenters. The first-order valence-electron chi connectivity index (χ1n) is 10.2. The van der Waals surface area contributed by atoms with Gasteiger partial charge in [0.15, 0.2) is 5.78 Å². The summed E-state index contributed by atoms with van der Waals surface area (Å²) >= 11 is 1.49. The predicted octanol–water partition coefficient (Wildman–Crippen LogP) is 5.46. The Labute approximate surface area is 191 Å². The number of Topliss-reactive ketones (excluding diaryl/α,β-unsaturated/α-hetero) is 1. The number of nitrogens with zero attached hydrogens (tertiary/aromatic N) is 1. The van der Waals surface area contributed by atoms with Crippen LogP contribution >= 0.6 is 11.8 Å². The molecule has 0 spiro atoms. The van der Waals surface area contributed by atoms with Crippen LogP contribution in [-0.4, -0.2) is 29.0 Å². The van der Waals surface area contributed by atoms with Gasteiger partial charge in [-0.1, -0.05) is 31.2 Å². The van der Waals surface area contributed by atoms with Crippen molar-refractivity contribution in [2.24, 2.45) is 0 Å². The Bertz CT molecular complexity index is 1110. The third kappa shape index (κ3) is 5.68. The number of phenols is 1. The fourth-order valence-electron chi connectivity index (χ4n) is 3.18. The molecule has 0 fully saturated rings. The molecule has 166 valence electrons. The van der Waals surface area contributed by atoms with Crippen molar-refractivity contribution in [2.75, 3.05) is 7.11 Å². The number of aromatic hydroxyl groups is 1. The van der Waals surface area contributed by atoms with Crippen LogP contribution in [0.4, 0.5) is 0 Å². The van der Waals surface area contributed by atoms with Gasteiger partial charge < -0.3 is 14.6 Å². The van der Waals surface area contributed by atoms with Gasteiger partial charge in [0.2, 0.25) is 0 Å². The maximum atomic E-state index is 11.7. The summed E-state index contributed by atoms with van der Waals surface area (Å²) in [5, 5.41) is 10.5. The molecule has 0 amide bonds. The van der Waals surface area contributed by atoms with E-state index in [1.807, 2.05) is 31.2 Å². The van der Waals surface area contributed by atoms with E-state index < -0.39 is 0 Å². The minimum Gasteiger partial charge on any atom is -0.507 e. The van der Waals surface area contributed by atoms with Gasteiger partial charge in [-0.25, -0.2) is 4.79 Å². The molecule has 0 aliphatic rings. The van der Waals surface area contributed by atoms with E-state index in [4.69, 9.17) is 9.47 Å². The van der Waals surface area contributed by atoms with Crippen LogP contribution in [0.25, 0.3) is 0 Å². The number of carbonyl (C=O) groups is 2. The lowest BCUT2D eigenvalue weighted by Gasteiger charge is -2.14. The Morgan fingerprint density at radius 3 is 2.56 bits per heavy atom. The molecule has 0 aliphatic carbocycles. The largest absolute Gasteiger partial charge is 0.507 e. The van der Waals surface area contributed by atoms with Gasteiger partial charge in [-0.2, -0.15) is 0 Å². The molecule has 6 nitrogen and oxygen atoms in total. The molecule has 0 saturated carbocycles. The maximum absolute atomic E-state index is 11.7. The number of phenolic OH excluding ortho intramolecular Hbond substituents is 1. The number of benzene rings is 2. The number of ether oxygens (including phenoxy) is 2. The van der Waals surface area contributed by atoms with Crippen molar-refractivity contribution in [2.45, 2.75) is 43.1 Å². The smallest absolute Gasteiger partial charge is 0.337 e. The average molecular weight is 452 g/mol. The van der Waals surface area contributed by atoms with Crippen molar-refractivity contribution in [3.8, 4) is 11.5 Å². The normalized spacial score (nSPS) is 10.6. The van der Waals surface area contributed by atoms with E-state index in [0.29, 0.717) is 28.9 Å². The molecule has 32 heavy (non-hydrogen) atoms. The van der Waals surface area contributed by atoms with Crippen LogP contribution in [-0.2, 0) is 17.8 Å². The number of pyridine rings is 1. The van der Waals surface area contributed by atoms with Gasteiger partial charge in [0.25, 0.3) is 0 Å². The zero-order chi connectivity index (χ0) is 23.1. The number of hydrogen-bond donors (Lipinski definition) is 1. The highest BCUT2D eigenvalue weighted by Crippen LogP contribution is 2.33. The zero-order valence-corrected chi connectivity index (χ0v) is 19.1. The SMILES string of the molecule is CCCc1c(OCc2ccc(Sc3cccc(C(=O)OC)c3)cn2)ccc(C(C)=O)c1O. The fourth-order valence-corrected chi connectivity index (χ4v) is 4.02. The summed E-state index contributed by atoms with van der Waals surface area (Å²) in [5.74, 6) is -0.0128. The number of carbonyl (C=O) groups excluding carboxylic acids is 2. The molecule has 0 aliphatic heterocycles. The minimum atomic E-state index is -0.372. The van der Waals surface area contributed by atoms with E-state index in [1.165, 1.54) is 25.8 Å². The standard InChI is InChI=1S/C25H25NO5S/c1-4-6-22-23(12-11-21(16(2)27)24(22)28)31-15-18-9-10-20(14-26-18)32-19-8-5-7-17(13-19)25(29)30-3/h5,7-14,28H,4,6,15H2,1-3H3. The number of methoxy groups -OCH3 is 1. The molecule has 3 rings (SSSR count). The summed E-state index contributed by atoms with van der Waals surface area (Å²) < 4.78 is 10.7. The van der Waals surface area contributed by atoms with Gasteiger partial charge in [-0.15, -0.1) is 0 Å². The molecule has 0 saturated heterocycles. The Hall–Kier alpha value is -3.32. The molecule has 0 unspecified atom stereocenters. The second-order valence-corrected chi connectivity index (χ2v) is 8.29. The second kappa shape index (κ2) is 10.8. The first-order valence-corrected chi connectivity index (χ1v) is 11.0. The Kier molecular flexibility index (Phi) is 7.89. The van der Waals surface area contributed by atoms with E-state index in [0.717, 1.165) is 21.9 Å². The van der Waals surface area contributed by atoms with Crippen LogP contribution in [0.15, 0.2) is 64.5 Å². The molecule has 7 heteroatoms. The van der Waals surface area contributed by atoms with Gasteiger partial charge in [0.1, 0.15) is 18.1 Å². The first kappa shape index (κ1) is 23.3. The number of ketones is 1. The van der Waals surface area contributed by atoms with Crippen molar-refractivity contribution in [3.05, 3.63) is 77.1 Å². The summed E-state index contributed by atoms with van der Waals surface area (Å²) in [5.41, 5.74) is 2.17. The highest BCUT2D eigenvalue weighted by Gasteiger charge is 2.16. The van der Waals surface area contributed by atoms with Crippen molar-refractivity contribution >= 4 is 23.5 Å². The summed E-state index contributed by atoms with van der Waals surface area (Å²) in [4.78, 5) is 29.7. The molecule has 0 bridgehead atoms. The molecular weight excluding hydrogens is 426 g/mol. The van der Waals surface area contributed by atoms with E-state index in [1.54, 1.807) is 30.5 Å². The van der Waals surface area contributed by atoms with Gasteiger partial charge in [0.05, 0.1) is 23.9 Å². The molecular formula is C25H25NO5S. The van der Waals surface area contributed by atoms with E-state index in [9.17, 15) is 14.7 Å². The lowest BCUT2D eigenvalue weighted by atomic mass is 10.0. The molecule has 1 aromatic heterocycles. The van der Waals surface area contributed by atoms with Gasteiger partial charge >= 0.3 is 5.97 Å². The number of rotatable bonds is 9. The molecule has 1 heterocycles. The Morgan fingerprint density at radius 2 is 1.91 bits per heavy atom. The fraction of sp³-hybridized carbons (Fsp3) is 0.240. The van der Waals surface area contributed by atoms with E-state index in [2.05, 4.69) is 4.98 Å². The first-order chi connectivity index (χ1) is 15.4. The zero-order valence-electron chi connectivity index (χ0n) is 18.3. The van der Waals surface area contributed by atoms with Crippen LogP contribution in [0.5, 0.6) is 11.5 Å². The maximum Gasteiger partial charge on any atom is 0.337 e. The molecule has 1 N–H and O–H groups in total. The third-order valence-corrected chi connectivity index (χ3v) is 5.75. The van der Waals surface area contributed by atoms with Crippen LogP contribution in [0.3, 0.4) is 0 Å². The minimum absolute atomic E-state index is 0.00857. The molecule has 2 aromatic carbocycles. The highest BCUT2D eigenvalue weighted by atomic mass is 32.2. The quantitative estimate of drug-likeness (QED) is 0.341. The summed E-state index contributed by atoms with van der Waals surface area (Å²) in [6, 6.07) is 14.3. The number of hydrogen-bond acceptors (Lipinski definition) is 7. The summed E-state index contributed by atoms with van der Waals surface area (Å²) in [7, 11) is 1.36. The van der Waals surface area contributed by atoms with Crippen LogP contribution < -0.4 is 4.74 Å². The van der Waals surface area contributed by atoms with Crippen LogP contribution in [0.2, 0.25) is 0 Å². The van der Waals surface area contributed by atoms with Crippen LogP contribution in [0, 0.1) is 0 Å². The van der Waals surface area contributed by atoms with Gasteiger partial charge in [0, 0.05) is 21.6 Å². The average Bonchev–Trinajstić information content (AvgIpc) is 2.80. The van der Waals surface area contributed by atoms with Crippen molar-refractivity contribution < 1.29 is 24.2 Å². The van der Waals surface area contributed by atoms with Crippen molar-refractivity contribution in [1.82, 2.24) is 4.98 Å². The Morgan fingerprint density at radius 1 is 1.09 bits per heavy atom. The van der Waals surface area contributed by atoms with Crippen LogP contribution in [0.1, 0.15) is 52.2 Å². The van der Waals surface area contributed by atoms with Crippen molar-refractivity contribution in [1.29, 1.82) is 0 Å². The number of aromatic nitrogens is 1. The number of esters is 1. The topological polar surface area (TPSA) is 85.7 Å². The Balaban J connectivity index is 1.69. The van der Waals surface area contributed by atoms with Crippen molar-refractivity contribution in [3.63, 3.8) is 0 Å². The summed E-state index contributed by atoms with van der Waals surface area (Å²) in [6.07, 6.45) is 3.17. The highest BCUT2D eigenvalue weighted by molar-refractivity contribution is 7.99. The second-order valence-electron chi connectivity index (χ2n) is 7.14. The lowest BCUT2D eigenvalue weighted by molar-refractivity contribution is 0.0600. The molecule has 3 aromatic rings. The van der Waals surface area contributed by atoms with Gasteiger partial charge in [-0.05, 0) is 55.8 Å². The monoisotopic (exact) mass is 451 g/mol. The lowest BCUT2D eigenvalue weighted by Crippen LogP contribution is -2.03. The third-order valence-electron chi connectivity index (χ3n) is 4.78. The predicted molar refractivity (Wildman–Crippen MR) is 123 cm³/mol. The van der Waals surface area contributed by atoms with Gasteiger partial charge in [-0.3, -0.25) is 9.78 Å².